The van der Waals surface area contributed by atoms with Gasteiger partial charge in [-0.3, -0.25) is 4.79 Å². The minimum Gasteiger partial charge on any atom is -0.493 e. The number of anilines is 1. The van der Waals surface area contributed by atoms with E-state index in [1.165, 1.54) is 0 Å². The standard InChI is InChI=1S/C32H51N3O5/c1-21(2)25(16-24-10-13-30(39-6)31(17-24)40-15-7-14-38-5)18-28(34)29(36)19-27(22(3)4)32(37)35-20-23-8-11-26(33)12-9-23/h8-13,17,21-22,25,27-29,36H,7,14-16,18-20,33-34H2,1-6H3,(H,35,37)/t25-,27-,28-,29-/m0/s1. The Hall–Kier alpha value is -2.81. The first-order chi connectivity index (χ1) is 19.0. The predicted molar refractivity (Wildman–Crippen MR) is 161 cm³/mol. The number of hydrogen-bond acceptors (Lipinski definition) is 7. The van der Waals surface area contributed by atoms with Gasteiger partial charge in [0.25, 0.3) is 0 Å². The van der Waals surface area contributed by atoms with E-state index >= 15 is 0 Å². The van der Waals surface area contributed by atoms with E-state index in [2.05, 4.69) is 25.2 Å². The van der Waals surface area contributed by atoms with Gasteiger partial charge in [0, 0.05) is 44.3 Å². The Morgan fingerprint density at radius 3 is 2.20 bits per heavy atom. The SMILES string of the molecule is COCCCOc1cc(C[C@@H](C[C@H](N)[C@@H](O)C[C@H](C(=O)NCc2ccc(N)cc2)C(C)C)C(C)C)ccc1OC. The van der Waals surface area contributed by atoms with Crippen LogP contribution in [0.2, 0.25) is 0 Å². The van der Waals surface area contributed by atoms with E-state index in [9.17, 15) is 9.90 Å². The topological polar surface area (TPSA) is 129 Å². The molecule has 4 atom stereocenters. The molecule has 0 saturated carbocycles. The fourth-order valence-corrected chi connectivity index (χ4v) is 4.82. The molecule has 8 heteroatoms. The van der Waals surface area contributed by atoms with Gasteiger partial charge in [0.1, 0.15) is 0 Å². The van der Waals surface area contributed by atoms with Gasteiger partial charge in [-0.2, -0.15) is 0 Å². The molecule has 0 bridgehead atoms. The second-order valence-corrected chi connectivity index (χ2v) is 11.4. The van der Waals surface area contributed by atoms with Crippen molar-refractivity contribution in [3.8, 4) is 11.5 Å². The predicted octanol–water partition coefficient (Wildman–Crippen LogP) is 4.56. The average molecular weight is 558 g/mol. The van der Waals surface area contributed by atoms with Gasteiger partial charge in [0.05, 0.1) is 19.8 Å². The maximum atomic E-state index is 13.0. The van der Waals surface area contributed by atoms with Crippen molar-refractivity contribution >= 4 is 11.6 Å². The van der Waals surface area contributed by atoms with E-state index in [-0.39, 0.29) is 23.7 Å². The van der Waals surface area contributed by atoms with E-state index in [1.54, 1.807) is 14.2 Å². The van der Waals surface area contributed by atoms with E-state index in [1.807, 2.05) is 50.2 Å². The molecule has 40 heavy (non-hydrogen) atoms. The molecule has 2 rings (SSSR count). The second-order valence-electron chi connectivity index (χ2n) is 11.4. The summed E-state index contributed by atoms with van der Waals surface area (Å²) in [6, 6.07) is 13.0. The van der Waals surface area contributed by atoms with Crippen LogP contribution >= 0.6 is 0 Å². The van der Waals surface area contributed by atoms with E-state index < -0.39 is 12.1 Å². The maximum Gasteiger partial charge on any atom is 0.223 e. The first-order valence-electron chi connectivity index (χ1n) is 14.4. The van der Waals surface area contributed by atoms with Gasteiger partial charge >= 0.3 is 0 Å². The lowest BCUT2D eigenvalue weighted by Crippen LogP contribution is -2.42. The molecule has 0 aliphatic rings. The molecule has 0 radical (unpaired) electrons. The second kappa shape index (κ2) is 17.1. The highest BCUT2D eigenvalue weighted by Gasteiger charge is 2.29. The maximum absolute atomic E-state index is 13.0. The highest BCUT2D eigenvalue weighted by molar-refractivity contribution is 5.78. The summed E-state index contributed by atoms with van der Waals surface area (Å²) >= 11 is 0. The largest absolute Gasteiger partial charge is 0.493 e. The minimum atomic E-state index is -0.786. The molecule has 0 aliphatic heterocycles. The van der Waals surface area contributed by atoms with Gasteiger partial charge in [-0.05, 0) is 72.4 Å². The lowest BCUT2D eigenvalue weighted by molar-refractivity contribution is -0.127. The van der Waals surface area contributed by atoms with E-state index in [0.29, 0.717) is 55.7 Å². The zero-order chi connectivity index (χ0) is 29.7. The number of nitrogen functional groups attached to an aromatic ring is 1. The summed E-state index contributed by atoms with van der Waals surface area (Å²) in [5, 5.41) is 14.1. The zero-order valence-electron chi connectivity index (χ0n) is 25.2. The van der Waals surface area contributed by atoms with E-state index in [4.69, 9.17) is 25.7 Å². The number of hydrogen-bond donors (Lipinski definition) is 4. The van der Waals surface area contributed by atoms with Crippen molar-refractivity contribution in [2.45, 2.75) is 72.1 Å². The van der Waals surface area contributed by atoms with Crippen LogP contribution < -0.4 is 26.3 Å². The van der Waals surface area contributed by atoms with Gasteiger partial charge in [-0.25, -0.2) is 0 Å². The lowest BCUT2D eigenvalue weighted by Gasteiger charge is -2.30. The van der Waals surface area contributed by atoms with Crippen LogP contribution in [-0.4, -0.2) is 50.6 Å². The third-order valence-corrected chi connectivity index (χ3v) is 7.57. The van der Waals surface area contributed by atoms with Crippen molar-refractivity contribution in [2.75, 3.05) is 33.2 Å². The molecule has 0 aromatic heterocycles. The summed E-state index contributed by atoms with van der Waals surface area (Å²) in [5.41, 5.74) is 15.1. The molecule has 224 valence electrons. The van der Waals surface area contributed by atoms with Crippen molar-refractivity contribution in [1.29, 1.82) is 0 Å². The van der Waals surface area contributed by atoms with Crippen LogP contribution in [0, 0.1) is 23.7 Å². The summed E-state index contributed by atoms with van der Waals surface area (Å²) in [5.74, 6) is 1.67. The van der Waals surface area contributed by atoms with Crippen LogP contribution in [0.5, 0.6) is 11.5 Å². The van der Waals surface area contributed by atoms with E-state index in [0.717, 1.165) is 24.0 Å². The molecular weight excluding hydrogens is 506 g/mol. The lowest BCUT2D eigenvalue weighted by atomic mass is 9.81. The molecule has 0 fully saturated rings. The number of ether oxygens (including phenoxy) is 3. The van der Waals surface area contributed by atoms with Gasteiger partial charge in [0.2, 0.25) is 5.91 Å². The summed E-state index contributed by atoms with van der Waals surface area (Å²) < 4.78 is 16.6. The van der Waals surface area contributed by atoms with Crippen LogP contribution in [0.15, 0.2) is 42.5 Å². The smallest absolute Gasteiger partial charge is 0.223 e. The van der Waals surface area contributed by atoms with Gasteiger partial charge in [0.15, 0.2) is 11.5 Å². The first kappa shape index (κ1) is 33.4. The van der Waals surface area contributed by atoms with Crippen LogP contribution in [0.3, 0.4) is 0 Å². The molecule has 0 aliphatic carbocycles. The number of carbonyl (C=O) groups is 1. The number of nitrogens with two attached hydrogens (primary N) is 2. The Labute approximate surface area is 240 Å². The summed E-state index contributed by atoms with van der Waals surface area (Å²) in [6.07, 6.45) is 1.77. The van der Waals surface area contributed by atoms with Gasteiger partial charge in [-0.15, -0.1) is 0 Å². The monoisotopic (exact) mass is 557 g/mol. The number of methoxy groups -OCH3 is 2. The third-order valence-electron chi connectivity index (χ3n) is 7.57. The minimum absolute atomic E-state index is 0.0655. The molecule has 8 nitrogen and oxygen atoms in total. The molecule has 2 aromatic rings. The summed E-state index contributed by atoms with van der Waals surface area (Å²) in [6.45, 7) is 9.96. The van der Waals surface area contributed by atoms with Crippen molar-refractivity contribution < 1.29 is 24.1 Å². The van der Waals surface area contributed by atoms with Crippen LogP contribution in [0.1, 0.15) is 58.1 Å². The Balaban J connectivity index is 2.00. The number of carbonyl (C=O) groups excluding carboxylic acids is 1. The quantitative estimate of drug-likeness (QED) is 0.156. The highest BCUT2D eigenvalue weighted by Crippen LogP contribution is 2.31. The number of aliphatic hydroxyl groups excluding tert-OH is 1. The fourth-order valence-electron chi connectivity index (χ4n) is 4.82. The van der Waals surface area contributed by atoms with Crippen LogP contribution in [-0.2, 0) is 22.5 Å². The Kier molecular flexibility index (Phi) is 14.3. The number of amides is 1. The van der Waals surface area contributed by atoms with Gasteiger partial charge < -0.3 is 36.1 Å². The Bertz CT molecular complexity index is 1010. The van der Waals surface area contributed by atoms with Crippen molar-refractivity contribution in [1.82, 2.24) is 5.32 Å². The molecule has 0 spiro atoms. The third kappa shape index (κ3) is 11.0. The summed E-state index contributed by atoms with van der Waals surface area (Å²) in [4.78, 5) is 13.0. The normalized spacial score (nSPS) is 14.6. The number of nitrogens with one attached hydrogen (secondary N) is 1. The van der Waals surface area contributed by atoms with Crippen LogP contribution in [0.4, 0.5) is 5.69 Å². The Morgan fingerprint density at radius 1 is 0.925 bits per heavy atom. The number of benzene rings is 2. The zero-order valence-corrected chi connectivity index (χ0v) is 25.2. The molecule has 0 heterocycles. The van der Waals surface area contributed by atoms with Crippen LogP contribution in [0.25, 0.3) is 0 Å². The summed E-state index contributed by atoms with van der Waals surface area (Å²) in [7, 11) is 3.31. The molecule has 6 N–H and O–H groups in total. The fraction of sp³-hybridized carbons (Fsp3) is 0.594. The van der Waals surface area contributed by atoms with Gasteiger partial charge in [-0.1, -0.05) is 45.9 Å². The number of aliphatic hydroxyl groups is 1. The van der Waals surface area contributed by atoms with Crippen molar-refractivity contribution in [2.24, 2.45) is 29.4 Å². The first-order valence-corrected chi connectivity index (χ1v) is 14.4. The molecule has 0 saturated heterocycles. The average Bonchev–Trinajstić information content (AvgIpc) is 2.92. The number of rotatable bonds is 18. The molecule has 0 unspecified atom stereocenters. The van der Waals surface area contributed by atoms with Crippen molar-refractivity contribution in [3.63, 3.8) is 0 Å². The molecular formula is C32H51N3O5. The molecule has 2 aromatic carbocycles. The molecule has 1 amide bonds. The Morgan fingerprint density at radius 2 is 1.60 bits per heavy atom. The highest BCUT2D eigenvalue weighted by atomic mass is 16.5. The van der Waals surface area contributed by atoms with Crippen molar-refractivity contribution in [3.05, 3.63) is 53.6 Å².